The summed E-state index contributed by atoms with van der Waals surface area (Å²) in [5, 5.41) is 10.4. The maximum absolute atomic E-state index is 4.86. The van der Waals surface area contributed by atoms with Crippen molar-refractivity contribution in [2.45, 2.75) is 84.7 Å². The molecule has 3 unspecified atom stereocenters. The molecule has 2 aliphatic rings. The van der Waals surface area contributed by atoms with Crippen molar-refractivity contribution in [1.29, 1.82) is 0 Å². The summed E-state index contributed by atoms with van der Waals surface area (Å²) in [6.07, 6.45) is 10.7. The number of benzene rings is 1. The largest absolute Gasteiger partial charge is 0.288 e. The molecule has 4 nitrogen and oxygen atoms in total. The zero-order chi connectivity index (χ0) is 22.6. The highest BCUT2D eigenvalue weighted by Crippen LogP contribution is 2.46. The monoisotopic (exact) mass is 496 g/mol. The molecule has 1 aliphatic carbocycles. The van der Waals surface area contributed by atoms with Crippen LogP contribution in [0.25, 0.3) is 0 Å². The van der Waals surface area contributed by atoms with Gasteiger partial charge in [-0.05, 0) is 76.1 Å². The Labute approximate surface area is 210 Å². The molecule has 0 saturated carbocycles. The second-order valence-electron chi connectivity index (χ2n) is 9.05. The zero-order valence-corrected chi connectivity index (χ0v) is 21.9. The first kappa shape index (κ1) is 23.3. The van der Waals surface area contributed by atoms with Crippen LogP contribution in [0, 0.1) is 6.92 Å². The Morgan fingerprint density at radius 2 is 1.97 bits per heavy atom. The molecule has 1 fully saturated rings. The maximum atomic E-state index is 4.86. The Kier molecular flexibility index (Phi) is 7.70. The quantitative estimate of drug-likeness (QED) is 0.330. The minimum absolute atomic E-state index is 0.387. The van der Waals surface area contributed by atoms with Crippen molar-refractivity contribution in [3.05, 3.63) is 64.4 Å². The first-order valence-corrected chi connectivity index (χ1v) is 14.7. The summed E-state index contributed by atoms with van der Waals surface area (Å²) in [5.41, 5.74) is 4.20. The fraction of sp³-hybridized carbons (Fsp3) is 0.500. The molecular weight excluding hydrogens is 465 g/mol. The third-order valence-electron chi connectivity index (χ3n) is 6.75. The Hall–Kier alpha value is -1.41. The third kappa shape index (κ3) is 5.64. The lowest BCUT2D eigenvalue weighted by atomic mass is 9.95. The van der Waals surface area contributed by atoms with Gasteiger partial charge in [-0.25, -0.2) is 0 Å². The number of fused-ring (bicyclic) bond motifs is 1. The van der Waals surface area contributed by atoms with Crippen molar-refractivity contribution in [2.24, 2.45) is 0 Å². The normalized spacial score (nSPS) is 22.1. The molecule has 0 spiro atoms. The lowest BCUT2D eigenvalue weighted by Crippen LogP contribution is -2.44. The minimum Gasteiger partial charge on any atom is -0.288 e. The van der Waals surface area contributed by atoms with Crippen molar-refractivity contribution in [3.63, 3.8) is 0 Å². The summed E-state index contributed by atoms with van der Waals surface area (Å²) < 4.78 is 1.07. The lowest BCUT2D eigenvalue weighted by molar-refractivity contribution is 0.141. The summed E-state index contributed by atoms with van der Waals surface area (Å²) in [6, 6.07) is 13.9. The van der Waals surface area contributed by atoms with E-state index in [1.165, 1.54) is 53.9 Å². The van der Waals surface area contributed by atoms with Crippen molar-refractivity contribution >= 4 is 34.9 Å². The SMILES string of the molecule is Cc1nnc(SC2CCCc3c(SC(C)N4CCCCC4Cc4ccccc4)ccnc32)s1. The van der Waals surface area contributed by atoms with E-state index in [1.54, 1.807) is 11.3 Å². The fourth-order valence-electron chi connectivity index (χ4n) is 5.15. The van der Waals surface area contributed by atoms with Gasteiger partial charge in [0.1, 0.15) is 5.01 Å². The average molecular weight is 497 g/mol. The molecule has 2 aromatic heterocycles. The molecule has 0 amide bonds. The summed E-state index contributed by atoms with van der Waals surface area (Å²) in [6.45, 7) is 5.63. The van der Waals surface area contributed by atoms with Gasteiger partial charge in [-0.2, -0.15) is 0 Å². The summed E-state index contributed by atoms with van der Waals surface area (Å²) in [4.78, 5) is 9.05. The van der Waals surface area contributed by atoms with E-state index in [1.807, 2.05) is 36.6 Å². The van der Waals surface area contributed by atoms with Gasteiger partial charge in [0, 0.05) is 17.1 Å². The highest BCUT2D eigenvalue weighted by molar-refractivity contribution is 8.01. The van der Waals surface area contributed by atoms with E-state index in [2.05, 4.69) is 58.4 Å². The summed E-state index contributed by atoms with van der Waals surface area (Å²) in [7, 11) is 0. The number of piperidine rings is 1. The number of aromatic nitrogens is 3. The number of likely N-dealkylation sites (tertiary alicyclic amines) is 1. The molecule has 3 aromatic rings. The van der Waals surface area contributed by atoms with Gasteiger partial charge >= 0.3 is 0 Å². The van der Waals surface area contributed by atoms with Gasteiger partial charge in [-0.15, -0.1) is 22.0 Å². The number of thioether (sulfide) groups is 2. The Morgan fingerprint density at radius 1 is 1.09 bits per heavy atom. The molecular formula is C26H32N4S3. The predicted molar refractivity (Wildman–Crippen MR) is 140 cm³/mol. The van der Waals surface area contributed by atoms with Gasteiger partial charge < -0.3 is 0 Å². The topological polar surface area (TPSA) is 41.9 Å². The highest BCUT2D eigenvalue weighted by atomic mass is 32.2. The van der Waals surface area contributed by atoms with Crippen LogP contribution >= 0.6 is 34.9 Å². The molecule has 1 saturated heterocycles. The summed E-state index contributed by atoms with van der Waals surface area (Å²) >= 11 is 5.58. The number of aryl methyl sites for hydroxylation is 1. The summed E-state index contributed by atoms with van der Waals surface area (Å²) in [5.74, 6) is 0. The number of nitrogens with zero attached hydrogens (tertiary/aromatic N) is 4. The van der Waals surface area contributed by atoms with Crippen LogP contribution < -0.4 is 0 Å². The Bertz CT molecular complexity index is 1050. The van der Waals surface area contributed by atoms with E-state index in [0.29, 0.717) is 16.7 Å². The number of hydrogen-bond donors (Lipinski definition) is 0. The van der Waals surface area contributed by atoms with Crippen molar-refractivity contribution < 1.29 is 0 Å². The van der Waals surface area contributed by atoms with E-state index in [4.69, 9.17) is 4.98 Å². The van der Waals surface area contributed by atoms with Gasteiger partial charge in [0.2, 0.25) is 0 Å². The predicted octanol–water partition coefficient (Wildman–Crippen LogP) is 6.95. The van der Waals surface area contributed by atoms with Crippen molar-refractivity contribution in [3.8, 4) is 0 Å². The second kappa shape index (κ2) is 10.9. The van der Waals surface area contributed by atoms with Gasteiger partial charge in [-0.1, -0.05) is 59.9 Å². The Balaban J connectivity index is 1.32. The molecule has 0 N–H and O–H groups in total. The number of rotatable bonds is 7. The van der Waals surface area contributed by atoms with Crippen LogP contribution in [0.1, 0.15) is 66.1 Å². The van der Waals surface area contributed by atoms with E-state index in [0.717, 1.165) is 28.6 Å². The minimum atomic E-state index is 0.387. The van der Waals surface area contributed by atoms with E-state index in [-0.39, 0.29) is 0 Å². The van der Waals surface area contributed by atoms with Crippen LogP contribution in [-0.2, 0) is 12.8 Å². The first-order chi connectivity index (χ1) is 16.2. The molecule has 5 rings (SSSR count). The van der Waals surface area contributed by atoms with Crippen LogP contribution in [0.15, 0.2) is 51.8 Å². The van der Waals surface area contributed by atoms with E-state index >= 15 is 0 Å². The molecule has 3 heterocycles. The molecule has 3 atom stereocenters. The zero-order valence-electron chi connectivity index (χ0n) is 19.4. The van der Waals surface area contributed by atoms with Crippen LogP contribution in [0.2, 0.25) is 0 Å². The fourth-order valence-corrected chi connectivity index (χ4v) is 8.67. The second-order valence-corrected chi connectivity index (χ2v) is 13.0. The van der Waals surface area contributed by atoms with Crippen LogP contribution in [0.4, 0.5) is 0 Å². The Morgan fingerprint density at radius 3 is 2.79 bits per heavy atom. The highest BCUT2D eigenvalue weighted by Gasteiger charge is 2.30. The van der Waals surface area contributed by atoms with Crippen molar-refractivity contribution in [2.75, 3.05) is 6.54 Å². The molecule has 7 heteroatoms. The average Bonchev–Trinajstić information content (AvgIpc) is 3.25. The number of pyridine rings is 1. The van der Waals surface area contributed by atoms with Crippen molar-refractivity contribution in [1.82, 2.24) is 20.1 Å². The molecule has 33 heavy (non-hydrogen) atoms. The smallest absolute Gasteiger partial charge is 0.174 e. The molecule has 0 radical (unpaired) electrons. The standard InChI is InChI=1S/C26H32N4S3/c1-18-28-29-26(31-18)33-24-13-8-12-22-23(14-15-27-25(22)24)32-19(2)30-16-7-6-11-21(30)17-20-9-4-3-5-10-20/h3-5,9-10,14-15,19,21,24H,6-8,11-13,16-17H2,1-2H3. The number of hydrogen-bond acceptors (Lipinski definition) is 7. The molecule has 174 valence electrons. The molecule has 1 aliphatic heterocycles. The lowest BCUT2D eigenvalue weighted by Gasteiger charge is -2.40. The van der Waals surface area contributed by atoms with E-state index < -0.39 is 0 Å². The van der Waals surface area contributed by atoms with Gasteiger partial charge in [0.15, 0.2) is 4.34 Å². The maximum Gasteiger partial charge on any atom is 0.174 e. The van der Waals surface area contributed by atoms with Crippen LogP contribution in [0.5, 0.6) is 0 Å². The third-order valence-corrected chi connectivity index (χ3v) is 10.2. The molecule has 1 aromatic carbocycles. The van der Waals surface area contributed by atoms with Gasteiger partial charge in [0.05, 0.1) is 16.3 Å². The molecule has 0 bridgehead atoms. The van der Waals surface area contributed by atoms with Gasteiger partial charge in [-0.3, -0.25) is 9.88 Å². The first-order valence-electron chi connectivity index (χ1n) is 12.1. The van der Waals surface area contributed by atoms with Gasteiger partial charge in [0.25, 0.3) is 0 Å². The van der Waals surface area contributed by atoms with Crippen LogP contribution in [-0.4, -0.2) is 38.0 Å². The van der Waals surface area contributed by atoms with E-state index in [9.17, 15) is 0 Å². The van der Waals surface area contributed by atoms with Crippen LogP contribution in [0.3, 0.4) is 0 Å².